The molecule has 5 aromatic rings. The fourth-order valence-corrected chi connectivity index (χ4v) is 2.89. The van der Waals surface area contributed by atoms with Gasteiger partial charge in [0, 0.05) is 16.6 Å². The molecule has 0 aliphatic rings. The molecule has 0 aliphatic heterocycles. The standard InChI is InChI=1S/C20H13N5O2/c26-20(18-11-14-3-1-2-4-17(14)27-18)22-15-7-5-13(6-8-15)16-9-10-19-23-21-12-25(19)24-16/h1-12H,(H,22,26). The van der Waals surface area contributed by atoms with Crippen LogP contribution in [-0.2, 0) is 0 Å². The number of carbonyl (C=O) groups excluding carboxylic acids is 1. The van der Waals surface area contributed by atoms with E-state index in [0.717, 1.165) is 16.6 Å². The number of para-hydroxylation sites is 1. The van der Waals surface area contributed by atoms with Gasteiger partial charge in [-0.3, -0.25) is 4.79 Å². The predicted molar refractivity (Wildman–Crippen MR) is 100 cm³/mol. The lowest BCUT2D eigenvalue weighted by molar-refractivity contribution is 0.0998. The minimum Gasteiger partial charge on any atom is -0.451 e. The number of hydrogen-bond donors (Lipinski definition) is 1. The number of carbonyl (C=O) groups is 1. The molecule has 0 unspecified atom stereocenters. The van der Waals surface area contributed by atoms with Gasteiger partial charge in [-0.2, -0.15) is 9.61 Å². The lowest BCUT2D eigenvalue weighted by Gasteiger charge is -2.05. The normalized spacial score (nSPS) is 11.1. The van der Waals surface area contributed by atoms with Crippen molar-refractivity contribution < 1.29 is 9.21 Å². The van der Waals surface area contributed by atoms with E-state index in [4.69, 9.17) is 4.42 Å². The average molecular weight is 355 g/mol. The minimum atomic E-state index is -0.289. The van der Waals surface area contributed by atoms with E-state index >= 15 is 0 Å². The summed E-state index contributed by atoms with van der Waals surface area (Å²) < 4.78 is 7.21. The number of furan rings is 1. The molecule has 0 spiro atoms. The Morgan fingerprint density at radius 3 is 2.70 bits per heavy atom. The molecular weight excluding hydrogens is 342 g/mol. The van der Waals surface area contributed by atoms with Crippen LogP contribution < -0.4 is 5.32 Å². The van der Waals surface area contributed by atoms with Crippen LogP contribution in [0, 0.1) is 0 Å². The molecule has 0 saturated carbocycles. The molecule has 0 radical (unpaired) electrons. The van der Waals surface area contributed by atoms with E-state index in [9.17, 15) is 4.79 Å². The van der Waals surface area contributed by atoms with Gasteiger partial charge in [-0.25, -0.2) is 0 Å². The summed E-state index contributed by atoms with van der Waals surface area (Å²) in [4.78, 5) is 12.4. The molecule has 0 bridgehead atoms. The van der Waals surface area contributed by atoms with Crippen molar-refractivity contribution in [3.05, 3.63) is 78.8 Å². The molecule has 0 fully saturated rings. The van der Waals surface area contributed by atoms with Crippen molar-refractivity contribution in [2.24, 2.45) is 0 Å². The maximum atomic E-state index is 12.4. The molecule has 0 saturated heterocycles. The van der Waals surface area contributed by atoms with E-state index in [1.807, 2.05) is 60.7 Å². The van der Waals surface area contributed by atoms with Crippen LogP contribution in [-0.4, -0.2) is 25.7 Å². The zero-order chi connectivity index (χ0) is 18.2. The van der Waals surface area contributed by atoms with E-state index in [2.05, 4.69) is 20.6 Å². The van der Waals surface area contributed by atoms with Crippen molar-refractivity contribution in [2.75, 3.05) is 5.32 Å². The van der Waals surface area contributed by atoms with Crippen LogP contribution >= 0.6 is 0 Å². The highest BCUT2D eigenvalue weighted by Crippen LogP contribution is 2.22. The number of benzene rings is 2. The van der Waals surface area contributed by atoms with Gasteiger partial charge in [-0.15, -0.1) is 10.2 Å². The Balaban J connectivity index is 1.37. The van der Waals surface area contributed by atoms with Crippen LogP contribution in [0.4, 0.5) is 5.69 Å². The zero-order valence-corrected chi connectivity index (χ0v) is 14.0. The third kappa shape index (κ3) is 2.81. The second kappa shape index (κ2) is 6.06. The van der Waals surface area contributed by atoms with Crippen molar-refractivity contribution >= 4 is 28.2 Å². The number of nitrogens with one attached hydrogen (secondary N) is 1. The summed E-state index contributed by atoms with van der Waals surface area (Å²) in [5, 5.41) is 16.0. The van der Waals surface area contributed by atoms with E-state index in [1.165, 1.54) is 0 Å². The van der Waals surface area contributed by atoms with Crippen LogP contribution in [0.2, 0.25) is 0 Å². The summed E-state index contributed by atoms with van der Waals surface area (Å²) in [7, 11) is 0. The summed E-state index contributed by atoms with van der Waals surface area (Å²) in [5.74, 6) is -0.0111. The van der Waals surface area contributed by atoms with Crippen LogP contribution in [0.25, 0.3) is 27.9 Å². The first kappa shape index (κ1) is 15.3. The smallest absolute Gasteiger partial charge is 0.291 e. The number of nitrogens with zero attached hydrogens (tertiary/aromatic N) is 4. The van der Waals surface area contributed by atoms with Crippen LogP contribution in [0.15, 0.2) is 77.5 Å². The quantitative estimate of drug-likeness (QED) is 0.532. The summed E-state index contributed by atoms with van der Waals surface area (Å²) in [6.45, 7) is 0. The number of anilines is 1. The maximum absolute atomic E-state index is 12.4. The predicted octanol–water partition coefficient (Wildman–Crippen LogP) is 3.79. The molecule has 0 aliphatic carbocycles. The van der Waals surface area contributed by atoms with Gasteiger partial charge < -0.3 is 9.73 Å². The summed E-state index contributed by atoms with van der Waals surface area (Å²) in [6, 6.07) is 20.4. The molecule has 1 N–H and O–H groups in total. The maximum Gasteiger partial charge on any atom is 0.291 e. The highest BCUT2D eigenvalue weighted by Gasteiger charge is 2.12. The van der Waals surface area contributed by atoms with Gasteiger partial charge in [0.05, 0.1) is 5.69 Å². The topological polar surface area (TPSA) is 85.3 Å². The number of hydrogen-bond acceptors (Lipinski definition) is 5. The van der Waals surface area contributed by atoms with Crippen LogP contribution in [0.1, 0.15) is 10.6 Å². The molecule has 130 valence electrons. The molecule has 0 atom stereocenters. The van der Waals surface area contributed by atoms with Gasteiger partial charge in [0.25, 0.3) is 5.91 Å². The summed E-state index contributed by atoms with van der Waals surface area (Å²) in [5.41, 5.74) is 3.77. The Bertz CT molecular complexity index is 1240. The third-order valence-electron chi connectivity index (χ3n) is 4.25. The van der Waals surface area contributed by atoms with E-state index in [0.29, 0.717) is 16.9 Å². The van der Waals surface area contributed by atoms with Gasteiger partial charge in [-0.1, -0.05) is 30.3 Å². The average Bonchev–Trinajstić information content (AvgIpc) is 3.34. The van der Waals surface area contributed by atoms with Crippen LogP contribution in [0.3, 0.4) is 0 Å². The Labute approximate surface area is 153 Å². The SMILES string of the molecule is O=C(Nc1ccc(-c2ccc3nncn3n2)cc1)c1cc2ccccc2o1. The van der Waals surface area contributed by atoms with Crippen molar-refractivity contribution in [2.45, 2.75) is 0 Å². The molecular formula is C20H13N5O2. The van der Waals surface area contributed by atoms with Gasteiger partial charge in [0.1, 0.15) is 11.9 Å². The number of amides is 1. The van der Waals surface area contributed by atoms with Crippen molar-refractivity contribution in [1.82, 2.24) is 19.8 Å². The second-order valence-electron chi connectivity index (χ2n) is 6.03. The van der Waals surface area contributed by atoms with E-state index < -0.39 is 0 Å². The molecule has 2 aromatic carbocycles. The Hall–Kier alpha value is -4.00. The van der Waals surface area contributed by atoms with Gasteiger partial charge in [0.15, 0.2) is 11.4 Å². The fraction of sp³-hybridized carbons (Fsp3) is 0. The fourth-order valence-electron chi connectivity index (χ4n) is 2.89. The van der Waals surface area contributed by atoms with Crippen molar-refractivity contribution in [3.63, 3.8) is 0 Å². The van der Waals surface area contributed by atoms with Crippen molar-refractivity contribution in [3.8, 4) is 11.3 Å². The van der Waals surface area contributed by atoms with Gasteiger partial charge in [0.2, 0.25) is 0 Å². The van der Waals surface area contributed by atoms with Crippen molar-refractivity contribution in [1.29, 1.82) is 0 Å². The second-order valence-corrected chi connectivity index (χ2v) is 6.03. The number of aromatic nitrogens is 4. The first-order valence-electron chi connectivity index (χ1n) is 8.34. The molecule has 7 heteroatoms. The number of fused-ring (bicyclic) bond motifs is 2. The summed E-state index contributed by atoms with van der Waals surface area (Å²) >= 11 is 0. The third-order valence-corrected chi connectivity index (χ3v) is 4.25. The van der Waals surface area contributed by atoms with Crippen LogP contribution in [0.5, 0.6) is 0 Å². The first-order valence-corrected chi connectivity index (χ1v) is 8.34. The Morgan fingerprint density at radius 1 is 1.00 bits per heavy atom. The number of rotatable bonds is 3. The molecule has 7 nitrogen and oxygen atoms in total. The largest absolute Gasteiger partial charge is 0.451 e. The molecule has 3 aromatic heterocycles. The van der Waals surface area contributed by atoms with Gasteiger partial charge in [-0.05, 0) is 36.4 Å². The summed E-state index contributed by atoms with van der Waals surface area (Å²) in [6.07, 6.45) is 1.56. The highest BCUT2D eigenvalue weighted by molar-refractivity contribution is 6.04. The first-order chi connectivity index (χ1) is 13.3. The van der Waals surface area contributed by atoms with E-state index in [-0.39, 0.29) is 11.7 Å². The highest BCUT2D eigenvalue weighted by atomic mass is 16.3. The molecule has 3 heterocycles. The lowest BCUT2D eigenvalue weighted by Crippen LogP contribution is -2.10. The minimum absolute atomic E-state index is 0.278. The molecule has 5 rings (SSSR count). The lowest BCUT2D eigenvalue weighted by atomic mass is 10.1. The molecule has 1 amide bonds. The monoisotopic (exact) mass is 355 g/mol. The molecule has 27 heavy (non-hydrogen) atoms. The van der Waals surface area contributed by atoms with E-state index in [1.54, 1.807) is 16.9 Å². The zero-order valence-electron chi connectivity index (χ0n) is 14.0. The Morgan fingerprint density at radius 2 is 1.85 bits per heavy atom. The van der Waals surface area contributed by atoms with Gasteiger partial charge >= 0.3 is 0 Å². The Kier molecular flexibility index (Phi) is 3.43.